The maximum atomic E-state index is 12.2. The van der Waals surface area contributed by atoms with Gasteiger partial charge in [0.05, 0.1) is 17.0 Å². The molecule has 0 radical (unpaired) electrons. The van der Waals surface area contributed by atoms with Crippen LogP contribution in [0.4, 0.5) is 5.69 Å². The van der Waals surface area contributed by atoms with Crippen molar-refractivity contribution in [2.24, 2.45) is 0 Å². The van der Waals surface area contributed by atoms with Gasteiger partial charge >= 0.3 is 0 Å². The Hall–Kier alpha value is -1.51. The Morgan fingerprint density at radius 2 is 1.95 bits per heavy atom. The van der Waals surface area contributed by atoms with E-state index in [-0.39, 0.29) is 6.61 Å². The lowest BCUT2D eigenvalue weighted by Gasteiger charge is -2.21. The Bertz CT molecular complexity index is 631. The predicted molar refractivity (Wildman–Crippen MR) is 82.1 cm³/mol. The van der Waals surface area contributed by atoms with Gasteiger partial charge in [-0.15, -0.1) is 0 Å². The van der Waals surface area contributed by atoms with Gasteiger partial charge < -0.3 is 5.11 Å². The summed E-state index contributed by atoms with van der Waals surface area (Å²) in [4.78, 5) is 0. The van der Waals surface area contributed by atoms with Gasteiger partial charge in [-0.05, 0) is 45.4 Å². The number of hydrogen-bond donors (Lipinski definition) is 2. The van der Waals surface area contributed by atoms with Crippen molar-refractivity contribution in [2.75, 3.05) is 11.3 Å². The standard InChI is InChI=1S/C15H21NO3S/c1-12-8-9-13(7-5-6-10-17)11-14(12)16-20(18,19)15(2,3)4/h8-9,11,16-17H,6,10H2,1-4H3. The van der Waals surface area contributed by atoms with Crippen LogP contribution < -0.4 is 4.72 Å². The van der Waals surface area contributed by atoms with Crippen LogP contribution in [-0.2, 0) is 10.0 Å². The summed E-state index contributed by atoms with van der Waals surface area (Å²) in [7, 11) is -3.45. The molecule has 0 heterocycles. The summed E-state index contributed by atoms with van der Waals surface area (Å²) in [5.41, 5.74) is 2.09. The van der Waals surface area contributed by atoms with E-state index in [1.807, 2.05) is 19.1 Å². The number of aliphatic hydroxyl groups is 1. The molecule has 1 aromatic rings. The molecule has 20 heavy (non-hydrogen) atoms. The number of benzene rings is 1. The Kier molecular flexibility index (Phi) is 5.21. The van der Waals surface area contributed by atoms with Crippen LogP contribution in [0.25, 0.3) is 0 Å². The maximum absolute atomic E-state index is 12.2. The maximum Gasteiger partial charge on any atom is 0.237 e. The van der Waals surface area contributed by atoms with E-state index in [0.717, 1.165) is 11.1 Å². The zero-order valence-corrected chi connectivity index (χ0v) is 13.1. The largest absolute Gasteiger partial charge is 0.395 e. The fourth-order valence-electron chi connectivity index (χ4n) is 1.33. The van der Waals surface area contributed by atoms with E-state index < -0.39 is 14.8 Å². The van der Waals surface area contributed by atoms with Crippen molar-refractivity contribution in [3.63, 3.8) is 0 Å². The molecule has 0 fully saturated rings. The second kappa shape index (κ2) is 6.29. The second-order valence-electron chi connectivity index (χ2n) is 5.52. The molecule has 0 aromatic heterocycles. The molecule has 0 aliphatic heterocycles. The SMILES string of the molecule is Cc1ccc(C#CCCO)cc1NS(=O)(=O)C(C)(C)C. The Balaban J connectivity index is 3.08. The Morgan fingerprint density at radius 3 is 2.50 bits per heavy atom. The van der Waals surface area contributed by atoms with Crippen molar-refractivity contribution in [1.82, 2.24) is 0 Å². The molecule has 0 unspecified atom stereocenters. The van der Waals surface area contributed by atoms with E-state index in [1.54, 1.807) is 26.8 Å². The Labute approximate surface area is 121 Å². The topological polar surface area (TPSA) is 66.4 Å². The number of anilines is 1. The van der Waals surface area contributed by atoms with Crippen LogP contribution in [0.2, 0.25) is 0 Å². The first kappa shape index (κ1) is 16.5. The summed E-state index contributed by atoms with van der Waals surface area (Å²) < 4.78 is 26.1. The van der Waals surface area contributed by atoms with Crippen molar-refractivity contribution in [3.05, 3.63) is 29.3 Å². The minimum absolute atomic E-state index is 0.0162. The van der Waals surface area contributed by atoms with Gasteiger partial charge in [0.15, 0.2) is 0 Å². The van der Waals surface area contributed by atoms with Crippen LogP contribution in [0.15, 0.2) is 18.2 Å². The summed E-state index contributed by atoms with van der Waals surface area (Å²) in [6.45, 7) is 6.80. The van der Waals surface area contributed by atoms with Gasteiger partial charge in [0.1, 0.15) is 0 Å². The van der Waals surface area contributed by atoms with Gasteiger partial charge in [0.25, 0.3) is 0 Å². The average Bonchev–Trinajstić information content (AvgIpc) is 2.32. The summed E-state index contributed by atoms with van der Waals surface area (Å²) in [6.07, 6.45) is 0.400. The lowest BCUT2D eigenvalue weighted by molar-refractivity contribution is 0.305. The minimum atomic E-state index is -3.45. The van der Waals surface area contributed by atoms with E-state index in [4.69, 9.17) is 5.11 Å². The highest BCUT2D eigenvalue weighted by atomic mass is 32.2. The van der Waals surface area contributed by atoms with Gasteiger partial charge in [-0.2, -0.15) is 0 Å². The molecule has 2 N–H and O–H groups in total. The average molecular weight is 295 g/mol. The van der Waals surface area contributed by atoms with Crippen LogP contribution in [-0.4, -0.2) is 24.9 Å². The molecule has 0 aliphatic rings. The van der Waals surface area contributed by atoms with Crippen molar-refractivity contribution in [1.29, 1.82) is 0 Å². The van der Waals surface area contributed by atoms with E-state index in [1.165, 1.54) is 0 Å². The molecule has 0 amide bonds. The zero-order valence-electron chi connectivity index (χ0n) is 12.3. The number of aliphatic hydroxyl groups excluding tert-OH is 1. The molecule has 0 spiro atoms. The molecule has 1 aromatic carbocycles. The molecule has 0 bridgehead atoms. The molecule has 1 rings (SSSR count). The molecule has 0 saturated heterocycles. The second-order valence-corrected chi connectivity index (χ2v) is 7.96. The zero-order chi connectivity index (χ0) is 15.4. The third-order valence-electron chi connectivity index (χ3n) is 2.76. The predicted octanol–water partition coefficient (Wildman–Crippen LogP) is 2.27. The van der Waals surface area contributed by atoms with Crippen LogP contribution >= 0.6 is 0 Å². The number of nitrogens with one attached hydrogen (secondary N) is 1. The summed E-state index contributed by atoms with van der Waals surface area (Å²) >= 11 is 0. The lowest BCUT2D eigenvalue weighted by Crippen LogP contribution is -2.33. The lowest BCUT2D eigenvalue weighted by atomic mass is 10.1. The van der Waals surface area contributed by atoms with Crippen molar-refractivity contribution in [2.45, 2.75) is 38.9 Å². The van der Waals surface area contributed by atoms with Crippen molar-refractivity contribution in [3.8, 4) is 11.8 Å². The molecule has 4 nitrogen and oxygen atoms in total. The fourth-order valence-corrected chi connectivity index (χ4v) is 2.14. The third kappa shape index (κ3) is 4.26. The van der Waals surface area contributed by atoms with E-state index in [0.29, 0.717) is 12.1 Å². The number of aryl methyl sites for hydroxylation is 1. The number of hydrogen-bond acceptors (Lipinski definition) is 3. The number of rotatable bonds is 3. The van der Waals surface area contributed by atoms with Gasteiger partial charge in [-0.25, -0.2) is 8.42 Å². The van der Waals surface area contributed by atoms with E-state index in [9.17, 15) is 8.42 Å². The highest BCUT2D eigenvalue weighted by Crippen LogP contribution is 2.23. The number of sulfonamides is 1. The van der Waals surface area contributed by atoms with Crippen molar-refractivity contribution >= 4 is 15.7 Å². The van der Waals surface area contributed by atoms with E-state index >= 15 is 0 Å². The van der Waals surface area contributed by atoms with Gasteiger partial charge in [-0.1, -0.05) is 17.9 Å². The van der Waals surface area contributed by atoms with Gasteiger partial charge in [0, 0.05) is 12.0 Å². The van der Waals surface area contributed by atoms with Crippen LogP contribution in [0, 0.1) is 18.8 Å². The molecule has 5 heteroatoms. The van der Waals surface area contributed by atoms with Gasteiger partial charge in [0.2, 0.25) is 10.0 Å². The monoisotopic (exact) mass is 295 g/mol. The third-order valence-corrected chi connectivity index (χ3v) is 4.86. The highest BCUT2D eigenvalue weighted by molar-refractivity contribution is 7.94. The Morgan fingerprint density at radius 1 is 1.30 bits per heavy atom. The molecular weight excluding hydrogens is 274 g/mol. The molecule has 0 saturated carbocycles. The van der Waals surface area contributed by atoms with Gasteiger partial charge in [-0.3, -0.25) is 4.72 Å². The van der Waals surface area contributed by atoms with Crippen molar-refractivity contribution < 1.29 is 13.5 Å². The van der Waals surface area contributed by atoms with Crippen LogP contribution in [0.5, 0.6) is 0 Å². The molecular formula is C15H21NO3S. The van der Waals surface area contributed by atoms with Crippen LogP contribution in [0.1, 0.15) is 38.3 Å². The highest BCUT2D eigenvalue weighted by Gasteiger charge is 2.29. The fraction of sp³-hybridized carbons (Fsp3) is 0.467. The first-order valence-corrected chi connectivity index (χ1v) is 7.88. The first-order valence-electron chi connectivity index (χ1n) is 6.40. The van der Waals surface area contributed by atoms with E-state index in [2.05, 4.69) is 16.6 Å². The molecule has 0 atom stereocenters. The van der Waals surface area contributed by atoms with Crippen LogP contribution in [0.3, 0.4) is 0 Å². The molecule has 0 aliphatic carbocycles. The summed E-state index contributed by atoms with van der Waals surface area (Å²) in [5, 5.41) is 8.69. The first-order chi connectivity index (χ1) is 9.17. The summed E-state index contributed by atoms with van der Waals surface area (Å²) in [5.74, 6) is 5.71. The quantitative estimate of drug-likeness (QED) is 0.841. The summed E-state index contributed by atoms with van der Waals surface area (Å²) in [6, 6.07) is 5.36. The smallest absolute Gasteiger partial charge is 0.237 e. The molecule has 110 valence electrons. The minimum Gasteiger partial charge on any atom is -0.395 e. The normalized spacial score (nSPS) is 11.7.